The fraction of sp³-hybridized carbons (Fsp3) is 0.409. The molecule has 7 nitrogen and oxygen atoms in total. The molecule has 3 rings (SSSR count). The highest BCUT2D eigenvalue weighted by molar-refractivity contribution is 7.92. The van der Waals surface area contributed by atoms with Crippen LogP contribution in [0.5, 0.6) is 0 Å². The minimum atomic E-state index is -3.33. The lowest BCUT2D eigenvalue weighted by Crippen LogP contribution is -2.31. The van der Waals surface area contributed by atoms with Crippen molar-refractivity contribution in [2.24, 2.45) is 16.8 Å². The molecule has 0 aliphatic heterocycles. The van der Waals surface area contributed by atoms with Crippen molar-refractivity contribution in [3.05, 3.63) is 54.4 Å². The Morgan fingerprint density at radius 3 is 2.47 bits per heavy atom. The minimum absolute atomic E-state index is 0.302. The number of sulfone groups is 1. The van der Waals surface area contributed by atoms with Crippen molar-refractivity contribution in [2.75, 3.05) is 5.32 Å². The zero-order chi connectivity index (χ0) is 21.6. The maximum atomic E-state index is 13.0. The van der Waals surface area contributed by atoms with Gasteiger partial charge in [-0.05, 0) is 60.9 Å². The summed E-state index contributed by atoms with van der Waals surface area (Å²) in [6, 6.07) is 10.4. The number of benzene rings is 1. The van der Waals surface area contributed by atoms with Gasteiger partial charge in [0.15, 0.2) is 16.0 Å². The first-order chi connectivity index (χ1) is 14.4. The number of guanidine groups is 1. The van der Waals surface area contributed by atoms with Crippen LogP contribution in [-0.4, -0.2) is 24.6 Å². The van der Waals surface area contributed by atoms with Crippen LogP contribution in [0.25, 0.3) is 0 Å². The molecule has 8 heteroatoms. The molecule has 30 heavy (non-hydrogen) atoms. The molecule has 1 saturated carbocycles. The first kappa shape index (κ1) is 21.8. The van der Waals surface area contributed by atoms with Crippen molar-refractivity contribution in [3.63, 3.8) is 0 Å². The molecular formula is C22H27N5O2S. The molecule has 0 spiro atoms. The lowest BCUT2D eigenvalue weighted by atomic mass is 9.81. The molecule has 1 aliphatic rings. The predicted octanol–water partition coefficient (Wildman–Crippen LogP) is 3.72. The summed E-state index contributed by atoms with van der Waals surface area (Å²) in [5, 5.41) is 14.2. The highest BCUT2D eigenvalue weighted by atomic mass is 32.2. The normalized spacial score (nSPS) is 22.2. The number of hydrogen-bond donors (Lipinski definition) is 2. The molecule has 0 radical (unpaired) electrons. The second-order valence-electron chi connectivity index (χ2n) is 7.84. The van der Waals surface area contributed by atoms with Gasteiger partial charge in [-0.15, -0.1) is 0 Å². The largest absolute Gasteiger partial charge is 0.325 e. The van der Waals surface area contributed by atoms with E-state index in [-0.39, 0.29) is 5.25 Å². The zero-order valence-corrected chi connectivity index (χ0v) is 18.1. The number of hydrogen-bond acceptors (Lipinski definition) is 5. The lowest BCUT2D eigenvalue weighted by molar-refractivity contribution is 0.278. The van der Waals surface area contributed by atoms with Crippen LogP contribution < -0.4 is 10.6 Å². The Morgan fingerprint density at radius 1 is 1.13 bits per heavy atom. The van der Waals surface area contributed by atoms with E-state index < -0.39 is 9.84 Å². The highest BCUT2D eigenvalue weighted by Crippen LogP contribution is 2.35. The van der Waals surface area contributed by atoms with Crippen LogP contribution in [0.3, 0.4) is 0 Å². The number of rotatable bonds is 5. The Morgan fingerprint density at radius 2 is 1.83 bits per heavy atom. The van der Waals surface area contributed by atoms with E-state index in [4.69, 9.17) is 5.26 Å². The Hall–Kier alpha value is -2.92. The van der Waals surface area contributed by atoms with Gasteiger partial charge in [0, 0.05) is 18.1 Å². The van der Waals surface area contributed by atoms with Crippen molar-refractivity contribution < 1.29 is 8.42 Å². The fourth-order valence-electron chi connectivity index (χ4n) is 3.66. The van der Waals surface area contributed by atoms with Crippen LogP contribution in [0.15, 0.2) is 58.7 Å². The van der Waals surface area contributed by atoms with Gasteiger partial charge in [0.25, 0.3) is 0 Å². The summed E-state index contributed by atoms with van der Waals surface area (Å²) in [6.07, 6.45) is 7.54. The van der Waals surface area contributed by atoms with Crippen molar-refractivity contribution in [1.82, 2.24) is 10.3 Å². The van der Waals surface area contributed by atoms with Crippen LogP contribution in [0.1, 0.15) is 38.7 Å². The summed E-state index contributed by atoms with van der Waals surface area (Å²) in [4.78, 5) is 8.70. The average molecular weight is 426 g/mol. The van der Waals surface area contributed by atoms with Gasteiger partial charge in [-0.25, -0.2) is 13.4 Å². The quantitative estimate of drug-likeness (QED) is 0.327. The second kappa shape index (κ2) is 9.72. The van der Waals surface area contributed by atoms with Gasteiger partial charge in [0.2, 0.25) is 5.96 Å². The summed E-state index contributed by atoms with van der Waals surface area (Å²) in [5.41, 5.74) is 1.61. The van der Waals surface area contributed by atoms with Gasteiger partial charge in [0.05, 0.1) is 16.7 Å². The molecule has 3 unspecified atom stereocenters. The van der Waals surface area contributed by atoms with E-state index in [2.05, 4.69) is 34.5 Å². The minimum Gasteiger partial charge on any atom is -0.325 e. The Labute approximate surface area is 178 Å². The van der Waals surface area contributed by atoms with E-state index in [0.717, 1.165) is 30.5 Å². The number of nitrogens with zero attached hydrogens (tertiary/aromatic N) is 3. The average Bonchev–Trinajstić information content (AvgIpc) is 2.75. The molecular weight excluding hydrogens is 398 g/mol. The van der Waals surface area contributed by atoms with Gasteiger partial charge >= 0.3 is 0 Å². The second-order valence-corrected chi connectivity index (χ2v) is 10.1. The molecule has 2 N–H and O–H groups in total. The van der Waals surface area contributed by atoms with Crippen molar-refractivity contribution in [3.8, 4) is 6.19 Å². The Bertz CT molecular complexity index is 1010. The molecule has 3 atom stereocenters. The number of aromatic nitrogens is 1. The topological polar surface area (TPSA) is 107 Å². The number of nitriles is 1. The molecule has 0 amide bonds. The van der Waals surface area contributed by atoms with E-state index in [0.29, 0.717) is 29.2 Å². The predicted molar refractivity (Wildman–Crippen MR) is 117 cm³/mol. The summed E-state index contributed by atoms with van der Waals surface area (Å²) in [6.45, 7) is 4.64. The first-order valence-corrected chi connectivity index (χ1v) is 11.6. The van der Waals surface area contributed by atoms with Gasteiger partial charge in [-0.3, -0.25) is 10.3 Å². The molecule has 1 aromatic carbocycles. The van der Waals surface area contributed by atoms with Crippen molar-refractivity contribution in [1.29, 1.82) is 5.26 Å². The summed E-state index contributed by atoms with van der Waals surface area (Å²) in [7, 11) is -3.33. The third kappa shape index (κ3) is 5.36. The standard InChI is InChI=1S/C22H27N5O2S/c1-16-3-6-21(13-17(16)2)30(28,29)20-7-4-18(5-8-20)14-25-22(26-15-23)27-19-9-11-24-12-10-19/h4-5,7-12,16-17,21H,3,6,13-14H2,1-2H3,(H2,24,25,26,27). The van der Waals surface area contributed by atoms with Gasteiger partial charge in [-0.1, -0.05) is 26.0 Å². The summed E-state index contributed by atoms with van der Waals surface area (Å²) < 4.78 is 26.0. The zero-order valence-electron chi connectivity index (χ0n) is 17.2. The molecule has 1 aliphatic carbocycles. The van der Waals surface area contributed by atoms with E-state index in [1.807, 2.05) is 6.19 Å². The number of aliphatic imine (C=N–C) groups is 1. The Balaban J connectivity index is 1.68. The van der Waals surface area contributed by atoms with Crippen LogP contribution >= 0.6 is 0 Å². The van der Waals surface area contributed by atoms with Gasteiger partial charge in [-0.2, -0.15) is 5.26 Å². The van der Waals surface area contributed by atoms with Crippen LogP contribution in [0.2, 0.25) is 0 Å². The van der Waals surface area contributed by atoms with Crippen molar-refractivity contribution in [2.45, 2.75) is 49.8 Å². The maximum Gasteiger partial charge on any atom is 0.209 e. The molecule has 1 aromatic heterocycles. The maximum absolute atomic E-state index is 13.0. The van der Waals surface area contributed by atoms with Gasteiger partial charge < -0.3 is 5.32 Å². The molecule has 1 heterocycles. The highest BCUT2D eigenvalue weighted by Gasteiger charge is 2.34. The van der Waals surface area contributed by atoms with E-state index in [1.54, 1.807) is 48.8 Å². The van der Waals surface area contributed by atoms with E-state index >= 15 is 0 Å². The third-order valence-electron chi connectivity index (χ3n) is 5.78. The van der Waals surface area contributed by atoms with E-state index in [9.17, 15) is 8.42 Å². The number of pyridine rings is 1. The molecule has 0 saturated heterocycles. The number of nitrogens with one attached hydrogen (secondary N) is 2. The third-order valence-corrected chi connectivity index (χ3v) is 8.01. The molecule has 0 bridgehead atoms. The molecule has 1 fully saturated rings. The first-order valence-electron chi connectivity index (χ1n) is 10.1. The van der Waals surface area contributed by atoms with Crippen molar-refractivity contribution >= 4 is 21.5 Å². The van der Waals surface area contributed by atoms with Crippen LogP contribution in [0, 0.1) is 23.3 Å². The van der Waals surface area contributed by atoms with E-state index in [1.165, 1.54) is 0 Å². The Kier molecular flexibility index (Phi) is 7.06. The monoisotopic (exact) mass is 425 g/mol. The van der Waals surface area contributed by atoms with Gasteiger partial charge in [0.1, 0.15) is 0 Å². The smallest absolute Gasteiger partial charge is 0.209 e. The van der Waals surface area contributed by atoms with Crippen LogP contribution in [0.4, 0.5) is 5.69 Å². The number of anilines is 1. The molecule has 158 valence electrons. The van der Waals surface area contributed by atoms with Crippen LogP contribution in [-0.2, 0) is 16.4 Å². The lowest BCUT2D eigenvalue weighted by Gasteiger charge is -2.31. The molecule has 2 aromatic rings. The summed E-state index contributed by atoms with van der Waals surface area (Å²) >= 11 is 0. The summed E-state index contributed by atoms with van der Waals surface area (Å²) in [5.74, 6) is 1.31. The SMILES string of the molecule is CC1CCC(S(=O)(=O)c2ccc(CN=C(NC#N)Nc3ccncc3)cc2)CC1C. The fourth-order valence-corrected chi connectivity index (χ4v) is 5.57.